The van der Waals surface area contributed by atoms with Crippen molar-refractivity contribution in [3.63, 3.8) is 0 Å². The number of nitrogens with one attached hydrogen (secondary N) is 2. The van der Waals surface area contributed by atoms with E-state index in [0.717, 1.165) is 6.42 Å². The zero-order valence-electron chi connectivity index (χ0n) is 15.7. The Bertz CT molecular complexity index is 373. The molecule has 7 nitrogen and oxygen atoms in total. The molecule has 0 bridgehead atoms. The molecule has 1 amide bonds. The minimum Gasteiger partial charge on any atom is -0.481 e. The number of amides is 1. The lowest BCUT2D eigenvalue weighted by Gasteiger charge is -2.27. The number of alkyl carbamates (subject to hydrolysis) is 1. The summed E-state index contributed by atoms with van der Waals surface area (Å²) < 4.78 is 5.01. The van der Waals surface area contributed by atoms with Gasteiger partial charge in [0, 0.05) is 17.7 Å². The third-order valence-electron chi connectivity index (χ3n) is 2.85. The molecule has 7 heteroatoms. The van der Waals surface area contributed by atoms with Gasteiger partial charge in [0.05, 0.1) is 6.42 Å². The lowest BCUT2D eigenvalue weighted by molar-refractivity contribution is -0.138. The number of carboxylic acids is 1. The van der Waals surface area contributed by atoms with Crippen LogP contribution < -0.4 is 10.6 Å². The number of carbonyl (C=O) groups excluding carboxylic acids is 1. The van der Waals surface area contributed by atoms with Crippen LogP contribution in [0.1, 0.15) is 61.3 Å². The molecule has 0 saturated heterocycles. The van der Waals surface area contributed by atoms with E-state index in [1.165, 1.54) is 0 Å². The first-order valence-corrected chi connectivity index (χ1v) is 7.67. The predicted octanol–water partition coefficient (Wildman–Crippen LogP) is 2.13. The van der Waals surface area contributed by atoms with Crippen molar-refractivity contribution >= 4 is 12.1 Å². The second-order valence-electron chi connectivity index (χ2n) is 7.69. The van der Waals surface area contributed by atoms with E-state index in [1.54, 1.807) is 34.6 Å². The Morgan fingerprint density at radius 1 is 1.00 bits per heavy atom. The van der Waals surface area contributed by atoms with Crippen molar-refractivity contribution in [2.75, 3.05) is 13.7 Å². The fourth-order valence-corrected chi connectivity index (χ4v) is 1.41. The van der Waals surface area contributed by atoms with Gasteiger partial charge in [-0.2, -0.15) is 0 Å². The van der Waals surface area contributed by atoms with Crippen LogP contribution in [0.5, 0.6) is 0 Å². The van der Waals surface area contributed by atoms with E-state index in [9.17, 15) is 9.59 Å². The van der Waals surface area contributed by atoms with Gasteiger partial charge >= 0.3 is 12.1 Å². The standard InChI is InChI=1S/C10H19NO4.C6H15NO/c1-9(2,3)15-8(14)11-10(4,5)6-7(12)13;1-6(2,7-3)4-5-8/h6H2,1-5H3,(H,11,14)(H,12,13);7-8H,4-5H2,1-3H3. The average Bonchev–Trinajstić information content (AvgIpc) is 2.23. The highest BCUT2D eigenvalue weighted by molar-refractivity contribution is 5.72. The van der Waals surface area contributed by atoms with Gasteiger partial charge in [-0.3, -0.25) is 4.79 Å². The molecule has 0 aromatic heterocycles. The fraction of sp³-hybridized carbons (Fsp3) is 0.875. The van der Waals surface area contributed by atoms with E-state index in [4.69, 9.17) is 14.9 Å². The van der Waals surface area contributed by atoms with Crippen LogP contribution in [0, 0.1) is 0 Å². The lowest BCUT2D eigenvalue weighted by atomic mass is 10.0. The summed E-state index contributed by atoms with van der Waals surface area (Å²) in [7, 11) is 1.90. The van der Waals surface area contributed by atoms with Gasteiger partial charge in [0.2, 0.25) is 0 Å². The third kappa shape index (κ3) is 16.9. The number of aliphatic hydroxyl groups excluding tert-OH is 1. The number of carbonyl (C=O) groups is 2. The Hall–Kier alpha value is -1.34. The first-order chi connectivity index (χ1) is 10.1. The molecule has 0 aliphatic carbocycles. The summed E-state index contributed by atoms with van der Waals surface area (Å²) in [6.07, 6.45) is 0.0594. The van der Waals surface area contributed by atoms with Gasteiger partial charge in [0.25, 0.3) is 0 Å². The van der Waals surface area contributed by atoms with Crippen molar-refractivity contribution in [1.82, 2.24) is 10.6 Å². The Morgan fingerprint density at radius 3 is 1.74 bits per heavy atom. The predicted molar refractivity (Wildman–Crippen MR) is 90.5 cm³/mol. The molecule has 0 aromatic rings. The van der Waals surface area contributed by atoms with Crippen molar-refractivity contribution in [2.45, 2.75) is 78.0 Å². The summed E-state index contributed by atoms with van der Waals surface area (Å²) in [5.74, 6) is -0.962. The molecule has 0 saturated carbocycles. The summed E-state index contributed by atoms with van der Waals surface area (Å²) in [5.41, 5.74) is -1.30. The Kier molecular flexibility index (Phi) is 10.1. The molecule has 0 fully saturated rings. The smallest absolute Gasteiger partial charge is 0.408 e. The van der Waals surface area contributed by atoms with Gasteiger partial charge in [-0.1, -0.05) is 0 Å². The highest BCUT2D eigenvalue weighted by Gasteiger charge is 2.26. The van der Waals surface area contributed by atoms with E-state index in [1.807, 2.05) is 7.05 Å². The maximum Gasteiger partial charge on any atom is 0.408 e. The topological polar surface area (TPSA) is 108 Å². The summed E-state index contributed by atoms with van der Waals surface area (Å²) in [5, 5.41) is 22.7. The second-order valence-corrected chi connectivity index (χ2v) is 7.69. The number of rotatable bonds is 6. The number of aliphatic carboxylic acids is 1. The van der Waals surface area contributed by atoms with Gasteiger partial charge in [-0.05, 0) is 61.9 Å². The maximum atomic E-state index is 11.3. The molecule has 0 heterocycles. The molecule has 0 aliphatic heterocycles. The number of ether oxygens (including phenoxy) is 1. The summed E-state index contributed by atoms with van der Waals surface area (Å²) in [6, 6.07) is 0. The molecule has 4 N–H and O–H groups in total. The molecule has 0 spiro atoms. The molecule has 0 rings (SSSR count). The summed E-state index contributed by atoms with van der Waals surface area (Å²) in [6.45, 7) is 12.9. The molecule has 0 aromatic carbocycles. The number of hydrogen-bond acceptors (Lipinski definition) is 5. The molecule has 0 radical (unpaired) electrons. The second kappa shape index (κ2) is 9.72. The van der Waals surface area contributed by atoms with Crippen molar-refractivity contribution in [1.29, 1.82) is 0 Å². The van der Waals surface area contributed by atoms with Crippen LogP contribution in [0.4, 0.5) is 4.79 Å². The van der Waals surface area contributed by atoms with E-state index >= 15 is 0 Å². The highest BCUT2D eigenvalue weighted by atomic mass is 16.6. The van der Waals surface area contributed by atoms with E-state index < -0.39 is 23.2 Å². The largest absolute Gasteiger partial charge is 0.481 e. The average molecular weight is 334 g/mol. The Morgan fingerprint density at radius 2 is 1.48 bits per heavy atom. The van der Waals surface area contributed by atoms with Crippen LogP contribution in [0.15, 0.2) is 0 Å². The van der Waals surface area contributed by atoms with Crippen LogP contribution in [0.2, 0.25) is 0 Å². The molecule has 23 heavy (non-hydrogen) atoms. The van der Waals surface area contributed by atoms with Gasteiger partial charge in [0.1, 0.15) is 5.60 Å². The SMILES string of the molecule is CC(C)(CC(=O)O)NC(=O)OC(C)(C)C.CNC(C)(C)CCO. The van der Waals surface area contributed by atoms with Gasteiger partial charge in [0.15, 0.2) is 0 Å². The van der Waals surface area contributed by atoms with E-state index in [-0.39, 0.29) is 18.6 Å². The zero-order valence-corrected chi connectivity index (χ0v) is 15.7. The van der Waals surface area contributed by atoms with Gasteiger partial charge in [-0.25, -0.2) is 4.79 Å². The van der Waals surface area contributed by atoms with Crippen molar-refractivity contribution < 1.29 is 24.5 Å². The molecular formula is C16H34N2O5. The number of hydrogen-bond donors (Lipinski definition) is 4. The van der Waals surface area contributed by atoms with E-state index in [0.29, 0.717) is 0 Å². The van der Waals surface area contributed by atoms with Gasteiger partial charge < -0.3 is 25.6 Å². The van der Waals surface area contributed by atoms with Crippen molar-refractivity contribution in [3.05, 3.63) is 0 Å². The minimum atomic E-state index is -0.962. The van der Waals surface area contributed by atoms with Crippen LogP contribution >= 0.6 is 0 Å². The highest BCUT2D eigenvalue weighted by Crippen LogP contribution is 2.11. The van der Waals surface area contributed by atoms with E-state index in [2.05, 4.69) is 24.5 Å². The lowest BCUT2D eigenvalue weighted by Crippen LogP contribution is -2.47. The molecule has 0 atom stereocenters. The fourth-order valence-electron chi connectivity index (χ4n) is 1.41. The van der Waals surface area contributed by atoms with Crippen LogP contribution in [0.25, 0.3) is 0 Å². The van der Waals surface area contributed by atoms with Gasteiger partial charge in [-0.15, -0.1) is 0 Å². The van der Waals surface area contributed by atoms with Crippen LogP contribution in [0.3, 0.4) is 0 Å². The monoisotopic (exact) mass is 334 g/mol. The Balaban J connectivity index is 0. The first-order valence-electron chi connectivity index (χ1n) is 7.67. The van der Waals surface area contributed by atoms with Crippen molar-refractivity contribution in [2.24, 2.45) is 0 Å². The number of carboxylic acid groups (broad SMARTS) is 1. The molecule has 138 valence electrons. The van der Waals surface area contributed by atoms with Crippen molar-refractivity contribution in [3.8, 4) is 0 Å². The Labute approximate surface area is 139 Å². The quantitative estimate of drug-likeness (QED) is 0.593. The first kappa shape index (κ1) is 23.9. The molecule has 0 unspecified atom stereocenters. The third-order valence-corrected chi connectivity index (χ3v) is 2.85. The maximum absolute atomic E-state index is 11.3. The summed E-state index contributed by atoms with van der Waals surface area (Å²) in [4.78, 5) is 21.8. The normalized spacial score (nSPS) is 12.0. The van der Waals surface area contributed by atoms with Crippen LogP contribution in [-0.2, 0) is 9.53 Å². The summed E-state index contributed by atoms with van der Waals surface area (Å²) >= 11 is 0. The zero-order chi connectivity index (χ0) is 18.9. The number of aliphatic hydroxyl groups is 1. The minimum absolute atomic E-state index is 0.0920. The molecular weight excluding hydrogens is 300 g/mol. The molecule has 0 aliphatic rings. The van der Waals surface area contributed by atoms with Crippen LogP contribution in [-0.4, -0.2) is 52.6 Å².